The molecule has 6 amide bonds. The van der Waals surface area contributed by atoms with Gasteiger partial charge < -0.3 is 41.9 Å². The minimum absolute atomic E-state index is 0.122. The van der Waals surface area contributed by atoms with Crippen LogP contribution in [0.2, 0.25) is 0 Å². The molecule has 0 aliphatic carbocycles. The molecule has 16 nitrogen and oxygen atoms in total. The van der Waals surface area contributed by atoms with Crippen molar-refractivity contribution < 1.29 is 28.8 Å². The predicted molar refractivity (Wildman–Crippen MR) is 416 cm³/mol. The Morgan fingerprint density at radius 1 is 0.346 bits per heavy atom. The summed E-state index contributed by atoms with van der Waals surface area (Å²) in [5, 5.41) is 19.5. The summed E-state index contributed by atoms with van der Waals surface area (Å²) in [6.07, 6.45) is 12.5. The third-order valence-electron chi connectivity index (χ3n) is 19.6. The Balaban J connectivity index is 1.02. The molecular formula is C88H76N10O6. The molecule has 20 bridgehead atoms. The zero-order chi connectivity index (χ0) is 71.2. The Labute approximate surface area is 602 Å². The lowest BCUT2D eigenvalue weighted by molar-refractivity contribution is -0.125. The van der Waals surface area contributed by atoms with E-state index in [9.17, 15) is 9.59 Å². The maximum atomic E-state index is 15.1. The summed E-state index contributed by atoms with van der Waals surface area (Å²) in [6, 6.07) is 67.8. The first-order valence-electron chi connectivity index (χ1n) is 35.6. The summed E-state index contributed by atoms with van der Waals surface area (Å²) in [6.45, 7) is 5.18. The van der Waals surface area contributed by atoms with E-state index < -0.39 is 11.8 Å². The standard InChI is InChI=1S/C88H76N10O6/c1-3-5-43-89-83(99)61-49-53-19-15-23-57(45-53)85(101)95-67-31-11-7-27-63(67)79-71-35-39-75(91-71)81-65-29-9-13-33-69(65)97-87(103)59-25-17-21-55(47-59)51-62(84(100)90-44-6-4-2)52-56-22-18-26-60(48-56)88(104)98-70-34-14-10-30-66(70)82(76-40-36-72(79)92-76)78-42-38-74(94-78)80(73-37-41-77(81)93-73)64-28-8-12-32-68(64)96-86(102)58-24-16-20-54(46-58)50-61/h7-42,45-48,61-62,91,94H,3-6,43-44,49-52H2,1-2H3,(H,89,99)(H,90,100)(H,95,101)(H,96,102)(H,97,103)(H,98,104). The van der Waals surface area contributed by atoms with Crippen LogP contribution in [-0.4, -0.2) is 68.5 Å². The first-order chi connectivity index (χ1) is 50.9. The minimum Gasteiger partial charge on any atom is -0.356 e. The fourth-order valence-electron chi connectivity index (χ4n) is 14.4. The summed E-state index contributed by atoms with van der Waals surface area (Å²) >= 11 is 0. The fourth-order valence-corrected chi connectivity index (χ4v) is 14.4. The van der Waals surface area contributed by atoms with Crippen molar-refractivity contribution in [3.63, 3.8) is 0 Å². The average molecular weight is 1370 g/mol. The Kier molecular flexibility index (Phi) is 19.2. The zero-order valence-electron chi connectivity index (χ0n) is 57.7. The molecule has 0 radical (unpaired) electrons. The van der Waals surface area contributed by atoms with Crippen molar-refractivity contribution in [2.75, 3.05) is 34.4 Å². The number of benzene rings is 8. The monoisotopic (exact) mass is 1370 g/mol. The lowest BCUT2D eigenvalue weighted by Crippen LogP contribution is -2.34. The van der Waals surface area contributed by atoms with Gasteiger partial charge in [-0.15, -0.1) is 0 Å². The summed E-state index contributed by atoms with van der Waals surface area (Å²) in [4.78, 5) is 108. The molecule has 6 aliphatic rings. The maximum Gasteiger partial charge on any atom is 0.255 e. The number of amides is 6. The van der Waals surface area contributed by atoms with Crippen LogP contribution < -0.4 is 31.9 Å². The van der Waals surface area contributed by atoms with Crippen LogP contribution in [0.25, 0.3) is 90.9 Å². The first-order valence-corrected chi connectivity index (χ1v) is 35.6. The molecule has 8 N–H and O–H groups in total. The first kappa shape index (κ1) is 67.0. The molecule has 3 aromatic heterocycles. The SMILES string of the molecule is CCCCNC(=O)C1Cc2cccc(c2)C(=O)Nc2ccccc2-c2c3nc(c4c5ccc([nH]5)c(c5nc(c(c6ccc2[nH]6)-c2ccccc2NC(=O)c2cccc(c2)CC(C(=O)NCCCC)Cc2cccc(c2)C(=O)Nc2ccccc2-4)C=C5)-c2ccccc2NC(=O)c2cccc(c2)C1)C=C3. The van der Waals surface area contributed by atoms with Gasteiger partial charge in [-0.3, -0.25) is 28.8 Å². The topological polar surface area (TPSA) is 232 Å². The summed E-state index contributed by atoms with van der Waals surface area (Å²) in [5.41, 5.74) is 16.2. The number of rotatable bonds is 8. The molecule has 0 atom stereocenters. The van der Waals surface area contributed by atoms with Gasteiger partial charge in [-0.05, 0) is 182 Å². The molecule has 0 saturated heterocycles. The number of carbonyl (C=O) groups is 6. The van der Waals surface area contributed by atoms with Crippen LogP contribution in [0, 0.1) is 11.8 Å². The van der Waals surface area contributed by atoms with E-state index in [1.54, 1.807) is 24.3 Å². The zero-order valence-corrected chi connectivity index (χ0v) is 57.7. The third kappa shape index (κ3) is 14.2. The number of H-pyrrole nitrogens is 2. The van der Waals surface area contributed by atoms with E-state index in [0.717, 1.165) is 47.9 Å². The molecule has 9 heterocycles. The van der Waals surface area contributed by atoms with Crippen molar-refractivity contribution in [3.05, 3.63) is 286 Å². The smallest absolute Gasteiger partial charge is 0.255 e. The highest BCUT2D eigenvalue weighted by atomic mass is 16.2. The lowest BCUT2D eigenvalue weighted by Gasteiger charge is -2.19. The Morgan fingerprint density at radius 3 is 0.865 bits per heavy atom. The van der Waals surface area contributed by atoms with Crippen LogP contribution >= 0.6 is 0 Å². The fraction of sp³-hybridized carbons (Fsp3) is 0.159. The van der Waals surface area contributed by atoms with Crippen LogP contribution in [0.15, 0.2) is 218 Å². The molecule has 17 rings (SSSR count). The molecule has 0 unspecified atom stereocenters. The van der Waals surface area contributed by atoms with E-state index in [2.05, 4.69) is 55.7 Å². The van der Waals surface area contributed by atoms with E-state index in [0.29, 0.717) is 173 Å². The normalized spacial score (nSPS) is 13.9. The number of nitrogens with one attached hydrogen (secondary N) is 8. The van der Waals surface area contributed by atoms with E-state index in [1.807, 2.05) is 218 Å². The van der Waals surface area contributed by atoms with Gasteiger partial charge in [0.25, 0.3) is 23.6 Å². The lowest BCUT2D eigenvalue weighted by atomic mass is 9.90. The van der Waals surface area contributed by atoms with E-state index in [-0.39, 0.29) is 35.4 Å². The molecule has 11 aromatic rings. The molecule has 514 valence electrons. The molecule has 16 heteroatoms. The van der Waals surface area contributed by atoms with E-state index in [4.69, 9.17) is 9.97 Å². The number of nitrogens with zero attached hydrogens (tertiary/aromatic N) is 2. The quantitative estimate of drug-likeness (QED) is 0.0680. The van der Waals surface area contributed by atoms with Gasteiger partial charge in [0.1, 0.15) is 0 Å². The summed E-state index contributed by atoms with van der Waals surface area (Å²) in [5.74, 6) is -2.88. The second-order valence-electron chi connectivity index (χ2n) is 26.8. The van der Waals surface area contributed by atoms with Crippen LogP contribution in [0.3, 0.4) is 0 Å². The van der Waals surface area contributed by atoms with E-state index in [1.165, 1.54) is 0 Å². The van der Waals surface area contributed by atoms with E-state index >= 15 is 19.2 Å². The van der Waals surface area contributed by atoms with Gasteiger partial charge >= 0.3 is 0 Å². The van der Waals surface area contributed by atoms with Gasteiger partial charge in [0.15, 0.2) is 0 Å². The molecule has 0 spiro atoms. The number of carbonyl (C=O) groups excluding carboxylic acids is 6. The number of aromatic amines is 2. The van der Waals surface area contributed by atoms with Crippen molar-refractivity contribution in [1.82, 2.24) is 30.6 Å². The average Bonchev–Trinajstić information content (AvgIpc) is 1.59. The number of hydrogen-bond donors (Lipinski definition) is 8. The maximum absolute atomic E-state index is 15.1. The molecule has 104 heavy (non-hydrogen) atoms. The van der Waals surface area contributed by atoms with Crippen molar-refractivity contribution in [1.29, 1.82) is 0 Å². The predicted octanol–water partition coefficient (Wildman–Crippen LogP) is 17.6. The Bertz CT molecular complexity index is 4870. The van der Waals surface area contributed by atoms with Crippen molar-refractivity contribution in [2.24, 2.45) is 11.8 Å². The summed E-state index contributed by atoms with van der Waals surface area (Å²) in [7, 11) is 0. The second kappa shape index (κ2) is 29.8. The molecule has 0 saturated carbocycles. The van der Waals surface area contributed by atoms with Crippen LogP contribution in [0.5, 0.6) is 0 Å². The number of aromatic nitrogens is 4. The van der Waals surface area contributed by atoms with Gasteiger partial charge in [-0.2, -0.15) is 0 Å². The minimum atomic E-state index is -0.554. The highest BCUT2D eigenvalue weighted by molar-refractivity contribution is 6.13. The van der Waals surface area contributed by atoms with Crippen molar-refractivity contribution in [3.8, 4) is 44.5 Å². The van der Waals surface area contributed by atoms with Crippen molar-refractivity contribution >= 4 is 105 Å². The number of hydrogen-bond acceptors (Lipinski definition) is 8. The number of unbranched alkanes of at least 4 members (excludes halogenated alkanes) is 2. The van der Waals surface area contributed by atoms with Gasteiger partial charge in [-0.1, -0.05) is 148 Å². The Morgan fingerprint density at radius 2 is 0.606 bits per heavy atom. The summed E-state index contributed by atoms with van der Waals surface area (Å²) < 4.78 is 0. The van der Waals surface area contributed by atoms with Crippen LogP contribution in [0.1, 0.15) is 126 Å². The van der Waals surface area contributed by atoms with Gasteiger partial charge in [0, 0.05) is 137 Å². The number of anilines is 4. The number of para-hydroxylation sites is 4. The van der Waals surface area contributed by atoms with Gasteiger partial charge in [0.2, 0.25) is 11.8 Å². The largest absolute Gasteiger partial charge is 0.356 e. The third-order valence-corrected chi connectivity index (χ3v) is 19.6. The molecule has 0 fully saturated rings. The van der Waals surface area contributed by atoms with Crippen LogP contribution in [-0.2, 0) is 35.3 Å². The van der Waals surface area contributed by atoms with Gasteiger partial charge in [-0.25, -0.2) is 9.97 Å². The Hall–Kier alpha value is -12.8. The van der Waals surface area contributed by atoms with Crippen LogP contribution in [0.4, 0.5) is 22.7 Å². The van der Waals surface area contributed by atoms with Gasteiger partial charge in [0.05, 0.1) is 22.8 Å². The highest BCUT2D eigenvalue weighted by Gasteiger charge is 2.28. The molecule has 8 aromatic carbocycles. The number of fused-ring (bicyclic) bond motifs is 8. The molecule has 6 aliphatic heterocycles. The second-order valence-corrected chi connectivity index (χ2v) is 26.8. The highest BCUT2D eigenvalue weighted by Crippen LogP contribution is 2.44. The van der Waals surface area contributed by atoms with Crippen molar-refractivity contribution in [2.45, 2.75) is 65.2 Å². The molecular weight excluding hydrogens is 1290 g/mol.